The van der Waals surface area contributed by atoms with E-state index in [0.29, 0.717) is 18.1 Å². The molecule has 0 radical (unpaired) electrons. The first-order valence-corrected chi connectivity index (χ1v) is 5.45. The summed E-state index contributed by atoms with van der Waals surface area (Å²) in [5, 5.41) is 4.97. The third kappa shape index (κ3) is 2.13. The van der Waals surface area contributed by atoms with Crippen molar-refractivity contribution in [1.29, 1.82) is 0 Å². The molecule has 2 aromatic heterocycles. The molecule has 0 spiro atoms. The molecule has 2 rings (SSSR count). The van der Waals surface area contributed by atoms with Gasteiger partial charge in [0.1, 0.15) is 11.5 Å². The fraction of sp³-hybridized carbons (Fsp3) is 0.364. The normalized spacial score (nSPS) is 11.0. The zero-order valence-electron chi connectivity index (χ0n) is 9.33. The molecule has 0 unspecified atom stereocenters. The molecular formula is C11H14ClN3O. The van der Waals surface area contributed by atoms with Crippen LogP contribution in [0.2, 0.25) is 5.02 Å². The first-order valence-electron chi connectivity index (χ1n) is 5.08. The van der Waals surface area contributed by atoms with Gasteiger partial charge >= 0.3 is 0 Å². The summed E-state index contributed by atoms with van der Waals surface area (Å²) >= 11 is 5.94. The number of halogens is 1. The molecule has 0 aliphatic carbocycles. The monoisotopic (exact) mass is 239 g/mol. The number of nitrogens with zero attached hydrogens (tertiary/aromatic N) is 2. The van der Waals surface area contributed by atoms with E-state index in [2.05, 4.69) is 5.10 Å². The van der Waals surface area contributed by atoms with E-state index >= 15 is 0 Å². The van der Waals surface area contributed by atoms with Crippen LogP contribution in [-0.4, -0.2) is 9.78 Å². The standard InChI is InChI=1S/C11H14ClN3O/c1-7-11(12)6-15(14-7)5-9-3-10(4-13)16-8(9)2/h3,6H,4-5,13H2,1-2H3. The molecule has 4 nitrogen and oxygen atoms in total. The maximum atomic E-state index is 5.94. The Morgan fingerprint density at radius 2 is 2.25 bits per heavy atom. The van der Waals surface area contributed by atoms with Crippen molar-refractivity contribution in [3.63, 3.8) is 0 Å². The molecule has 2 heterocycles. The zero-order valence-corrected chi connectivity index (χ0v) is 10.1. The lowest BCUT2D eigenvalue weighted by molar-refractivity contribution is 0.481. The lowest BCUT2D eigenvalue weighted by Crippen LogP contribution is -2.00. The van der Waals surface area contributed by atoms with Crippen molar-refractivity contribution in [3.8, 4) is 0 Å². The van der Waals surface area contributed by atoms with E-state index in [1.807, 2.05) is 26.1 Å². The predicted molar refractivity (Wildman–Crippen MR) is 62.4 cm³/mol. The SMILES string of the molecule is Cc1nn(Cc2cc(CN)oc2C)cc1Cl. The van der Waals surface area contributed by atoms with Gasteiger partial charge in [-0.1, -0.05) is 11.6 Å². The largest absolute Gasteiger partial charge is 0.465 e. The van der Waals surface area contributed by atoms with Crippen molar-refractivity contribution in [1.82, 2.24) is 9.78 Å². The van der Waals surface area contributed by atoms with Crippen molar-refractivity contribution in [3.05, 3.63) is 40.1 Å². The van der Waals surface area contributed by atoms with Crippen LogP contribution in [0.5, 0.6) is 0 Å². The Hall–Kier alpha value is -1.26. The van der Waals surface area contributed by atoms with Crippen molar-refractivity contribution in [2.24, 2.45) is 5.73 Å². The molecule has 0 saturated heterocycles. The Bertz CT molecular complexity index is 482. The minimum Gasteiger partial charge on any atom is -0.465 e. The number of aromatic nitrogens is 2. The number of aryl methyl sites for hydroxylation is 2. The molecular weight excluding hydrogens is 226 g/mol. The molecule has 0 amide bonds. The predicted octanol–water partition coefficient (Wildman–Crippen LogP) is 2.25. The van der Waals surface area contributed by atoms with Gasteiger partial charge in [0.05, 0.1) is 23.8 Å². The summed E-state index contributed by atoms with van der Waals surface area (Å²) in [7, 11) is 0. The van der Waals surface area contributed by atoms with E-state index < -0.39 is 0 Å². The van der Waals surface area contributed by atoms with Crippen LogP contribution in [0.1, 0.15) is 22.8 Å². The molecule has 0 atom stereocenters. The summed E-state index contributed by atoms with van der Waals surface area (Å²) in [6.07, 6.45) is 1.81. The zero-order chi connectivity index (χ0) is 11.7. The Labute approximate surface area is 99.0 Å². The minimum absolute atomic E-state index is 0.416. The van der Waals surface area contributed by atoms with E-state index in [0.717, 1.165) is 22.8 Å². The molecule has 0 fully saturated rings. The summed E-state index contributed by atoms with van der Waals surface area (Å²) in [5.41, 5.74) is 7.43. The Balaban J connectivity index is 2.23. The molecule has 0 aliphatic rings. The van der Waals surface area contributed by atoms with Crippen LogP contribution in [0.15, 0.2) is 16.7 Å². The first-order chi connectivity index (χ1) is 7.60. The van der Waals surface area contributed by atoms with Crippen LogP contribution in [0.3, 0.4) is 0 Å². The molecule has 0 bridgehead atoms. The lowest BCUT2D eigenvalue weighted by atomic mass is 10.2. The number of furan rings is 1. The highest BCUT2D eigenvalue weighted by molar-refractivity contribution is 6.31. The highest BCUT2D eigenvalue weighted by Gasteiger charge is 2.08. The van der Waals surface area contributed by atoms with Crippen molar-refractivity contribution >= 4 is 11.6 Å². The summed E-state index contributed by atoms with van der Waals surface area (Å²) in [6, 6.07) is 1.96. The van der Waals surface area contributed by atoms with Gasteiger partial charge in [-0.05, 0) is 19.9 Å². The fourth-order valence-electron chi connectivity index (χ4n) is 1.59. The van der Waals surface area contributed by atoms with Crippen LogP contribution >= 0.6 is 11.6 Å². The average Bonchev–Trinajstić information content (AvgIpc) is 2.73. The Morgan fingerprint density at radius 3 is 2.75 bits per heavy atom. The van der Waals surface area contributed by atoms with E-state index in [1.165, 1.54) is 0 Å². The number of hydrogen-bond donors (Lipinski definition) is 1. The average molecular weight is 240 g/mol. The van der Waals surface area contributed by atoms with Gasteiger partial charge in [-0.25, -0.2) is 0 Å². The Kier molecular flexibility index (Phi) is 3.03. The number of hydrogen-bond acceptors (Lipinski definition) is 3. The van der Waals surface area contributed by atoms with Gasteiger partial charge in [-0.2, -0.15) is 5.10 Å². The molecule has 86 valence electrons. The first kappa shape index (κ1) is 11.2. The van der Waals surface area contributed by atoms with Gasteiger partial charge in [0.25, 0.3) is 0 Å². The third-order valence-corrected chi connectivity index (χ3v) is 2.86. The quantitative estimate of drug-likeness (QED) is 0.894. The van der Waals surface area contributed by atoms with Crippen LogP contribution in [0.25, 0.3) is 0 Å². The maximum Gasteiger partial charge on any atom is 0.118 e. The summed E-state index contributed by atoms with van der Waals surface area (Å²) in [5.74, 6) is 1.67. The highest BCUT2D eigenvalue weighted by atomic mass is 35.5. The van der Waals surface area contributed by atoms with E-state index in [4.69, 9.17) is 21.8 Å². The van der Waals surface area contributed by atoms with Crippen molar-refractivity contribution in [2.75, 3.05) is 0 Å². The second-order valence-corrected chi connectivity index (χ2v) is 4.17. The molecule has 16 heavy (non-hydrogen) atoms. The molecule has 2 aromatic rings. The van der Waals surface area contributed by atoms with Gasteiger partial charge in [0.15, 0.2) is 0 Å². The fourth-order valence-corrected chi connectivity index (χ4v) is 1.74. The topological polar surface area (TPSA) is 57.0 Å². The van der Waals surface area contributed by atoms with Gasteiger partial charge in [0, 0.05) is 11.8 Å². The highest BCUT2D eigenvalue weighted by Crippen LogP contribution is 2.17. The number of rotatable bonds is 3. The number of nitrogens with two attached hydrogens (primary N) is 1. The third-order valence-electron chi connectivity index (χ3n) is 2.49. The molecule has 2 N–H and O–H groups in total. The molecule has 0 saturated carbocycles. The van der Waals surface area contributed by atoms with Gasteiger partial charge < -0.3 is 10.2 Å². The molecule has 0 aliphatic heterocycles. The second kappa shape index (κ2) is 4.31. The minimum atomic E-state index is 0.416. The summed E-state index contributed by atoms with van der Waals surface area (Å²) < 4.78 is 7.28. The molecule has 0 aromatic carbocycles. The van der Waals surface area contributed by atoms with Crippen LogP contribution < -0.4 is 5.73 Å². The van der Waals surface area contributed by atoms with Gasteiger partial charge in [-0.3, -0.25) is 4.68 Å². The van der Waals surface area contributed by atoms with Crippen molar-refractivity contribution < 1.29 is 4.42 Å². The summed E-state index contributed by atoms with van der Waals surface area (Å²) in [6.45, 7) is 4.88. The van der Waals surface area contributed by atoms with Crippen LogP contribution in [0.4, 0.5) is 0 Å². The maximum absolute atomic E-state index is 5.94. The van der Waals surface area contributed by atoms with E-state index in [9.17, 15) is 0 Å². The van der Waals surface area contributed by atoms with Crippen LogP contribution in [0, 0.1) is 13.8 Å². The smallest absolute Gasteiger partial charge is 0.118 e. The van der Waals surface area contributed by atoms with Gasteiger partial charge in [0.2, 0.25) is 0 Å². The Morgan fingerprint density at radius 1 is 1.50 bits per heavy atom. The van der Waals surface area contributed by atoms with Crippen LogP contribution in [-0.2, 0) is 13.1 Å². The van der Waals surface area contributed by atoms with Gasteiger partial charge in [-0.15, -0.1) is 0 Å². The van der Waals surface area contributed by atoms with E-state index in [-0.39, 0.29) is 0 Å². The van der Waals surface area contributed by atoms with Crippen molar-refractivity contribution in [2.45, 2.75) is 26.9 Å². The van der Waals surface area contributed by atoms with E-state index in [1.54, 1.807) is 4.68 Å². The second-order valence-electron chi connectivity index (χ2n) is 3.76. The lowest BCUT2D eigenvalue weighted by Gasteiger charge is -1.98. The molecule has 5 heteroatoms. The summed E-state index contributed by atoms with van der Waals surface area (Å²) in [4.78, 5) is 0.